The standard InChI is InChI=1S/C20H16N2O6/c23-20(15-4-6-16(7-5-15)22(24)25)21(12-17-2-1-9-26-17)11-14-3-8-18-19(10-14)28-13-27-18/h1-10H,11-13H2. The van der Waals surface area contributed by atoms with E-state index >= 15 is 0 Å². The molecule has 0 fully saturated rings. The third-order valence-electron chi connectivity index (χ3n) is 4.35. The normalized spacial score (nSPS) is 12.0. The second-order valence-corrected chi connectivity index (χ2v) is 6.23. The summed E-state index contributed by atoms with van der Waals surface area (Å²) in [6.07, 6.45) is 1.55. The van der Waals surface area contributed by atoms with Crippen LogP contribution in [-0.2, 0) is 13.1 Å². The number of benzene rings is 2. The smallest absolute Gasteiger partial charge is 0.269 e. The number of nitrogens with zero attached hydrogens (tertiary/aromatic N) is 2. The van der Waals surface area contributed by atoms with Gasteiger partial charge in [0, 0.05) is 24.2 Å². The molecule has 2 aromatic carbocycles. The van der Waals surface area contributed by atoms with Gasteiger partial charge in [-0.05, 0) is 42.0 Å². The van der Waals surface area contributed by atoms with E-state index in [0.29, 0.717) is 29.4 Å². The minimum atomic E-state index is -0.499. The van der Waals surface area contributed by atoms with Crippen LogP contribution in [0.5, 0.6) is 11.5 Å². The molecule has 8 heteroatoms. The van der Waals surface area contributed by atoms with Crippen LogP contribution in [0.25, 0.3) is 0 Å². The summed E-state index contributed by atoms with van der Waals surface area (Å²) in [6, 6.07) is 14.6. The number of amides is 1. The van der Waals surface area contributed by atoms with Crippen molar-refractivity contribution in [3.05, 3.63) is 87.9 Å². The van der Waals surface area contributed by atoms with Gasteiger partial charge in [0.05, 0.1) is 17.7 Å². The minimum absolute atomic E-state index is 0.0649. The summed E-state index contributed by atoms with van der Waals surface area (Å²) >= 11 is 0. The summed E-state index contributed by atoms with van der Waals surface area (Å²) in [4.78, 5) is 25.0. The highest BCUT2D eigenvalue weighted by Gasteiger charge is 2.20. The van der Waals surface area contributed by atoms with Crippen molar-refractivity contribution < 1.29 is 23.6 Å². The lowest BCUT2D eigenvalue weighted by atomic mass is 10.1. The number of non-ortho nitro benzene ring substituents is 1. The van der Waals surface area contributed by atoms with Gasteiger partial charge in [0.25, 0.3) is 11.6 Å². The summed E-state index contributed by atoms with van der Waals surface area (Å²) in [5.74, 6) is 1.68. The van der Waals surface area contributed by atoms with Gasteiger partial charge in [-0.25, -0.2) is 0 Å². The van der Waals surface area contributed by atoms with Crippen molar-refractivity contribution in [2.45, 2.75) is 13.1 Å². The molecule has 0 aliphatic carbocycles. The Kier molecular flexibility index (Phi) is 4.67. The van der Waals surface area contributed by atoms with E-state index in [2.05, 4.69) is 0 Å². The van der Waals surface area contributed by atoms with E-state index in [1.54, 1.807) is 29.4 Å². The summed E-state index contributed by atoms with van der Waals surface area (Å²) in [6.45, 7) is 0.751. The van der Waals surface area contributed by atoms with E-state index in [1.807, 2.05) is 12.1 Å². The van der Waals surface area contributed by atoms with Gasteiger partial charge in [0.1, 0.15) is 5.76 Å². The molecule has 3 aromatic rings. The van der Waals surface area contributed by atoms with Gasteiger partial charge in [-0.2, -0.15) is 0 Å². The van der Waals surface area contributed by atoms with Crippen LogP contribution in [0.2, 0.25) is 0 Å². The fourth-order valence-electron chi connectivity index (χ4n) is 2.96. The number of carbonyl (C=O) groups excluding carboxylic acids is 1. The van der Waals surface area contributed by atoms with Crippen LogP contribution < -0.4 is 9.47 Å². The molecule has 0 N–H and O–H groups in total. The van der Waals surface area contributed by atoms with Crippen LogP contribution in [0.4, 0.5) is 5.69 Å². The van der Waals surface area contributed by atoms with Crippen LogP contribution in [0.3, 0.4) is 0 Å². The van der Waals surface area contributed by atoms with Gasteiger partial charge in [0.2, 0.25) is 6.79 Å². The first-order valence-electron chi connectivity index (χ1n) is 8.55. The van der Waals surface area contributed by atoms with E-state index in [4.69, 9.17) is 13.9 Å². The van der Waals surface area contributed by atoms with Crippen molar-refractivity contribution in [3.8, 4) is 11.5 Å². The van der Waals surface area contributed by atoms with Gasteiger partial charge < -0.3 is 18.8 Å². The number of rotatable bonds is 6. The molecule has 0 bridgehead atoms. The Hall–Kier alpha value is -3.81. The Morgan fingerprint density at radius 2 is 1.82 bits per heavy atom. The van der Waals surface area contributed by atoms with Gasteiger partial charge >= 0.3 is 0 Å². The summed E-state index contributed by atoms with van der Waals surface area (Å²) < 4.78 is 16.1. The molecule has 142 valence electrons. The topological polar surface area (TPSA) is 95.0 Å². The van der Waals surface area contributed by atoms with E-state index in [0.717, 1.165) is 5.56 Å². The Morgan fingerprint density at radius 3 is 2.54 bits per heavy atom. The molecular formula is C20H16N2O6. The van der Waals surface area contributed by atoms with Crippen LogP contribution in [0.15, 0.2) is 65.3 Å². The molecule has 2 heterocycles. The number of carbonyl (C=O) groups is 1. The average Bonchev–Trinajstić information content (AvgIpc) is 3.38. The van der Waals surface area contributed by atoms with E-state index < -0.39 is 4.92 Å². The fraction of sp³-hybridized carbons (Fsp3) is 0.150. The van der Waals surface area contributed by atoms with Gasteiger partial charge in [0.15, 0.2) is 11.5 Å². The highest BCUT2D eigenvalue weighted by atomic mass is 16.7. The van der Waals surface area contributed by atoms with Gasteiger partial charge in [-0.15, -0.1) is 0 Å². The second kappa shape index (κ2) is 7.43. The van der Waals surface area contributed by atoms with Crippen molar-refractivity contribution in [2.75, 3.05) is 6.79 Å². The van der Waals surface area contributed by atoms with Crippen LogP contribution in [0.1, 0.15) is 21.7 Å². The van der Waals surface area contributed by atoms with Crippen LogP contribution >= 0.6 is 0 Å². The average molecular weight is 380 g/mol. The largest absolute Gasteiger partial charge is 0.467 e. The lowest BCUT2D eigenvalue weighted by molar-refractivity contribution is -0.384. The molecule has 8 nitrogen and oxygen atoms in total. The van der Waals surface area contributed by atoms with Gasteiger partial charge in [-0.3, -0.25) is 14.9 Å². The quantitative estimate of drug-likeness (QED) is 0.477. The number of nitro groups is 1. The molecule has 1 amide bonds. The van der Waals surface area contributed by atoms with Crippen molar-refractivity contribution in [1.82, 2.24) is 4.90 Å². The fourth-order valence-corrected chi connectivity index (χ4v) is 2.96. The summed E-state index contributed by atoms with van der Waals surface area (Å²) in [5, 5.41) is 10.8. The lowest BCUT2D eigenvalue weighted by Crippen LogP contribution is -2.30. The zero-order valence-electron chi connectivity index (χ0n) is 14.7. The lowest BCUT2D eigenvalue weighted by Gasteiger charge is -2.22. The number of hydrogen-bond acceptors (Lipinski definition) is 6. The SMILES string of the molecule is O=C(c1ccc([N+](=O)[O-])cc1)N(Cc1ccc2c(c1)OCO2)Cc1ccco1. The maximum atomic E-state index is 13.0. The molecule has 0 saturated carbocycles. The highest BCUT2D eigenvalue weighted by Crippen LogP contribution is 2.33. The third kappa shape index (κ3) is 3.66. The number of nitro benzene ring substituents is 1. The van der Waals surface area contributed by atoms with Crippen molar-refractivity contribution in [1.29, 1.82) is 0 Å². The molecule has 1 aliphatic heterocycles. The molecule has 0 radical (unpaired) electrons. The highest BCUT2D eigenvalue weighted by molar-refractivity contribution is 5.94. The second-order valence-electron chi connectivity index (χ2n) is 6.23. The van der Waals surface area contributed by atoms with Crippen LogP contribution in [-0.4, -0.2) is 22.5 Å². The molecule has 4 rings (SSSR count). The number of hydrogen-bond donors (Lipinski definition) is 0. The molecule has 0 saturated heterocycles. The molecule has 1 aliphatic rings. The molecule has 1 aromatic heterocycles. The van der Waals surface area contributed by atoms with Crippen LogP contribution in [0, 0.1) is 10.1 Å². The number of furan rings is 1. The zero-order chi connectivity index (χ0) is 19.5. The van der Waals surface area contributed by atoms with E-state index in [1.165, 1.54) is 24.3 Å². The maximum absolute atomic E-state index is 13.0. The number of ether oxygens (including phenoxy) is 2. The first-order valence-corrected chi connectivity index (χ1v) is 8.55. The van der Waals surface area contributed by atoms with Crippen molar-refractivity contribution >= 4 is 11.6 Å². The molecule has 0 unspecified atom stereocenters. The number of fused-ring (bicyclic) bond motifs is 1. The van der Waals surface area contributed by atoms with E-state index in [-0.39, 0.29) is 24.9 Å². The first kappa shape index (κ1) is 17.6. The monoisotopic (exact) mass is 380 g/mol. The predicted octanol–water partition coefficient (Wildman–Crippen LogP) is 3.76. The zero-order valence-corrected chi connectivity index (χ0v) is 14.7. The summed E-state index contributed by atoms with van der Waals surface area (Å²) in [5.41, 5.74) is 1.16. The Balaban J connectivity index is 1.59. The first-order chi connectivity index (χ1) is 13.6. The van der Waals surface area contributed by atoms with E-state index in [9.17, 15) is 14.9 Å². The third-order valence-corrected chi connectivity index (χ3v) is 4.35. The Morgan fingerprint density at radius 1 is 1.04 bits per heavy atom. The molecule has 28 heavy (non-hydrogen) atoms. The summed E-state index contributed by atoms with van der Waals surface area (Å²) in [7, 11) is 0. The Labute approximate surface area is 160 Å². The molecule has 0 atom stereocenters. The minimum Gasteiger partial charge on any atom is -0.467 e. The molecular weight excluding hydrogens is 364 g/mol. The Bertz CT molecular complexity index is 998. The van der Waals surface area contributed by atoms with Crippen molar-refractivity contribution in [2.24, 2.45) is 0 Å². The van der Waals surface area contributed by atoms with Gasteiger partial charge in [-0.1, -0.05) is 6.07 Å². The maximum Gasteiger partial charge on any atom is 0.269 e. The predicted molar refractivity (Wildman–Crippen MR) is 97.9 cm³/mol. The van der Waals surface area contributed by atoms with Crippen molar-refractivity contribution in [3.63, 3.8) is 0 Å². The molecule has 0 spiro atoms.